The zero-order chi connectivity index (χ0) is 15.3. The van der Waals surface area contributed by atoms with Gasteiger partial charge >= 0.3 is 0 Å². The third kappa shape index (κ3) is 4.22. The van der Waals surface area contributed by atoms with Crippen LogP contribution in [0.2, 0.25) is 0 Å². The molecular weight excluding hydrogens is 258 g/mol. The van der Waals surface area contributed by atoms with Crippen LogP contribution in [0.3, 0.4) is 0 Å². The predicted molar refractivity (Wildman–Crippen MR) is 90.6 cm³/mol. The van der Waals surface area contributed by atoms with E-state index in [0.29, 0.717) is 11.5 Å². The normalized spacial score (nSPS) is 27.4. The molecule has 0 spiro atoms. The smallest absolute Gasteiger partial charge is 0.0834 e. The SMILES string of the molecule is CCCNC(C1CCCCC1)C1(OC)CCC(C)(C)CC1. The van der Waals surface area contributed by atoms with Gasteiger partial charge < -0.3 is 10.1 Å². The van der Waals surface area contributed by atoms with E-state index in [1.54, 1.807) is 0 Å². The lowest BCUT2D eigenvalue weighted by Gasteiger charge is -2.50. The van der Waals surface area contributed by atoms with Crippen LogP contribution in [0, 0.1) is 11.3 Å². The second kappa shape index (κ2) is 7.46. The molecule has 0 aliphatic heterocycles. The molecule has 0 aromatic rings. The summed E-state index contributed by atoms with van der Waals surface area (Å²) in [5, 5.41) is 3.90. The van der Waals surface area contributed by atoms with Gasteiger partial charge in [0.25, 0.3) is 0 Å². The van der Waals surface area contributed by atoms with E-state index in [-0.39, 0.29) is 5.60 Å². The molecule has 1 atom stereocenters. The minimum atomic E-state index is 0.0900. The number of methoxy groups -OCH3 is 1. The minimum Gasteiger partial charge on any atom is -0.377 e. The summed E-state index contributed by atoms with van der Waals surface area (Å²) in [6, 6.07) is 0.568. The molecule has 0 saturated heterocycles. The lowest BCUT2D eigenvalue weighted by molar-refractivity contribution is -0.102. The van der Waals surface area contributed by atoms with Crippen LogP contribution in [0.15, 0.2) is 0 Å². The summed E-state index contributed by atoms with van der Waals surface area (Å²) in [6.45, 7) is 8.24. The maximum atomic E-state index is 6.22. The molecular formula is C19H37NO. The Balaban J connectivity index is 2.11. The molecule has 124 valence electrons. The van der Waals surface area contributed by atoms with Gasteiger partial charge in [-0.3, -0.25) is 0 Å². The Morgan fingerprint density at radius 2 is 1.67 bits per heavy atom. The monoisotopic (exact) mass is 295 g/mol. The van der Waals surface area contributed by atoms with Gasteiger partial charge in [-0.1, -0.05) is 40.0 Å². The van der Waals surface area contributed by atoms with Gasteiger partial charge in [0.2, 0.25) is 0 Å². The van der Waals surface area contributed by atoms with Crippen LogP contribution >= 0.6 is 0 Å². The van der Waals surface area contributed by atoms with Gasteiger partial charge in [-0.15, -0.1) is 0 Å². The first kappa shape index (κ1) is 17.3. The maximum absolute atomic E-state index is 6.22. The second-order valence-electron chi connectivity index (χ2n) is 8.26. The highest BCUT2D eigenvalue weighted by atomic mass is 16.5. The topological polar surface area (TPSA) is 21.3 Å². The Bertz CT molecular complexity index is 297. The van der Waals surface area contributed by atoms with E-state index in [4.69, 9.17) is 4.74 Å². The summed E-state index contributed by atoms with van der Waals surface area (Å²) in [5.41, 5.74) is 0.594. The zero-order valence-electron chi connectivity index (χ0n) is 14.8. The third-order valence-corrected chi connectivity index (χ3v) is 6.16. The Morgan fingerprint density at radius 3 is 2.19 bits per heavy atom. The molecule has 1 unspecified atom stereocenters. The molecule has 2 saturated carbocycles. The van der Waals surface area contributed by atoms with Gasteiger partial charge in [-0.05, 0) is 62.8 Å². The van der Waals surface area contributed by atoms with E-state index in [9.17, 15) is 0 Å². The molecule has 21 heavy (non-hydrogen) atoms. The highest BCUT2D eigenvalue weighted by Crippen LogP contribution is 2.46. The van der Waals surface area contributed by atoms with Gasteiger partial charge in [-0.2, -0.15) is 0 Å². The molecule has 1 N–H and O–H groups in total. The zero-order valence-corrected chi connectivity index (χ0v) is 14.8. The summed E-state index contributed by atoms with van der Waals surface area (Å²) in [4.78, 5) is 0. The molecule has 0 amide bonds. The molecule has 0 aromatic carbocycles. The fraction of sp³-hybridized carbons (Fsp3) is 1.00. The first-order valence-electron chi connectivity index (χ1n) is 9.31. The number of rotatable bonds is 6. The van der Waals surface area contributed by atoms with E-state index < -0.39 is 0 Å². The lowest BCUT2D eigenvalue weighted by Crippen LogP contribution is -2.58. The van der Waals surface area contributed by atoms with Crippen molar-refractivity contribution in [2.24, 2.45) is 11.3 Å². The molecule has 0 bridgehead atoms. The van der Waals surface area contributed by atoms with Crippen LogP contribution in [0.25, 0.3) is 0 Å². The van der Waals surface area contributed by atoms with Crippen LogP contribution < -0.4 is 5.32 Å². The fourth-order valence-electron chi connectivity index (χ4n) is 4.54. The number of ether oxygens (including phenoxy) is 1. The van der Waals surface area contributed by atoms with E-state index in [2.05, 4.69) is 26.1 Å². The number of hydrogen-bond donors (Lipinski definition) is 1. The van der Waals surface area contributed by atoms with Gasteiger partial charge in [0, 0.05) is 13.2 Å². The second-order valence-corrected chi connectivity index (χ2v) is 8.26. The van der Waals surface area contributed by atoms with Crippen molar-refractivity contribution in [2.45, 2.75) is 96.6 Å². The van der Waals surface area contributed by atoms with Crippen molar-refractivity contribution in [2.75, 3.05) is 13.7 Å². The van der Waals surface area contributed by atoms with Gasteiger partial charge in [-0.25, -0.2) is 0 Å². The largest absolute Gasteiger partial charge is 0.377 e. The summed E-state index contributed by atoms with van der Waals surface area (Å²) < 4.78 is 6.22. The molecule has 2 aliphatic carbocycles. The van der Waals surface area contributed by atoms with Crippen LogP contribution in [0.1, 0.15) is 85.0 Å². The van der Waals surface area contributed by atoms with Crippen molar-refractivity contribution < 1.29 is 4.74 Å². The Hall–Kier alpha value is -0.0800. The quantitative estimate of drug-likeness (QED) is 0.751. The first-order valence-corrected chi connectivity index (χ1v) is 9.31. The molecule has 2 nitrogen and oxygen atoms in total. The van der Waals surface area contributed by atoms with E-state index in [1.165, 1.54) is 64.2 Å². The van der Waals surface area contributed by atoms with Gasteiger partial charge in [0.05, 0.1) is 5.60 Å². The van der Waals surface area contributed by atoms with Gasteiger partial charge in [0.1, 0.15) is 0 Å². The fourth-order valence-corrected chi connectivity index (χ4v) is 4.54. The summed E-state index contributed by atoms with van der Waals surface area (Å²) in [6.07, 6.45) is 13.4. The number of hydrogen-bond acceptors (Lipinski definition) is 2. The maximum Gasteiger partial charge on any atom is 0.0834 e. The van der Waals surface area contributed by atoms with Crippen LogP contribution in [0.4, 0.5) is 0 Å². The van der Waals surface area contributed by atoms with Crippen LogP contribution in [-0.4, -0.2) is 25.3 Å². The van der Waals surface area contributed by atoms with Crippen molar-refractivity contribution in [3.05, 3.63) is 0 Å². The third-order valence-electron chi connectivity index (χ3n) is 6.16. The van der Waals surface area contributed by atoms with E-state index in [0.717, 1.165) is 12.5 Å². The molecule has 2 rings (SSSR count). The Kier molecular flexibility index (Phi) is 6.14. The Morgan fingerprint density at radius 1 is 1.05 bits per heavy atom. The average Bonchev–Trinajstić information content (AvgIpc) is 2.50. The summed E-state index contributed by atoms with van der Waals surface area (Å²) in [5.74, 6) is 0.825. The van der Waals surface area contributed by atoms with Crippen LogP contribution in [-0.2, 0) is 4.74 Å². The highest BCUT2D eigenvalue weighted by Gasteiger charge is 2.46. The average molecular weight is 296 g/mol. The summed E-state index contributed by atoms with van der Waals surface area (Å²) >= 11 is 0. The van der Waals surface area contributed by atoms with Crippen molar-refractivity contribution in [3.8, 4) is 0 Å². The van der Waals surface area contributed by atoms with Crippen molar-refractivity contribution in [1.82, 2.24) is 5.32 Å². The van der Waals surface area contributed by atoms with Crippen LogP contribution in [0.5, 0.6) is 0 Å². The van der Waals surface area contributed by atoms with Crippen molar-refractivity contribution in [1.29, 1.82) is 0 Å². The van der Waals surface area contributed by atoms with E-state index in [1.807, 2.05) is 7.11 Å². The van der Waals surface area contributed by atoms with E-state index >= 15 is 0 Å². The number of nitrogens with one attached hydrogen (secondary N) is 1. The van der Waals surface area contributed by atoms with Gasteiger partial charge in [0.15, 0.2) is 0 Å². The standard InChI is InChI=1S/C19H37NO/c1-5-15-20-17(16-9-7-6-8-10-16)19(21-4)13-11-18(2,3)12-14-19/h16-17,20H,5-15H2,1-4H3. The molecule has 0 radical (unpaired) electrons. The highest BCUT2D eigenvalue weighted by molar-refractivity contribution is 5.01. The minimum absolute atomic E-state index is 0.0900. The Labute approximate surface area is 132 Å². The molecule has 2 aliphatic rings. The van der Waals surface area contributed by atoms with Crippen molar-refractivity contribution >= 4 is 0 Å². The van der Waals surface area contributed by atoms with Crippen molar-refractivity contribution in [3.63, 3.8) is 0 Å². The predicted octanol–water partition coefficient (Wildman–Crippen LogP) is 4.92. The molecule has 2 heteroatoms. The molecule has 0 heterocycles. The lowest BCUT2D eigenvalue weighted by atomic mass is 9.65. The molecule has 2 fully saturated rings. The summed E-state index contributed by atoms with van der Waals surface area (Å²) in [7, 11) is 1.96. The first-order chi connectivity index (χ1) is 10.0. The molecule has 0 aromatic heterocycles.